The van der Waals surface area contributed by atoms with Gasteiger partial charge in [-0.15, -0.1) is 0 Å². The molecule has 1 unspecified atom stereocenters. The van der Waals surface area contributed by atoms with Crippen molar-refractivity contribution in [3.05, 3.63) is 42.7 Å². The zero-order valence-electron chi connectivity index (χ0n) is 10.2. The number of rotatable bonds is 3. The maximum atomic E-state index is 4.39. The Kier molecular flexibility index (Phi) is 2.21. The van der Waals surface area contributed by atoms with Gasteiger partial charge in [-0.2, -0.15) is 0 Å². The minimum atomic E-state index is 0.411. The monoisotopic (exact) mass is 227 g/mol. The largest absolute Gasteiger partial charge is 0.326 e. The fourth-order valence-corrected chi connectivity index (χ4v) is 2.23. The highest BCUT2D eigenvalue weighted by Gasteiger charge is 2.47. The predicted octanol–water partition coefficient (Wildman–Crippen LogP) is 3.60. The molecule has 1 aliphatic carbocycles. The summed E-state index contributed by atoms with van der Waals surface area (Å²) < 4.78 is 2.24. The second-order valence-electron chi connectivity index (χ2n) is 5.36. The molecular formula is C14H17N3. The van der Waals surface area contributed by atoms with Crippen LogP contribution in [0.4, 0.5) is 11.6 Å². The smallest absolute Gasteiger partial charge is 0.207 e. The third kappa shape index (κ3) is 1.93. The molecule has 1 aromatic carbocycles. The van der Waals surface area contributed by atoms with Crippen molar-refractivity contribution in [2.24, 2.45) is 5.41 Å². The summed E-state index contributed by atoms with van der Waals surface area (Å²) in [5.41, 5.74) is 1.49. The van der Waals surface area contributed by atoms with Crippen molar-refractivity contribution in [2.45, 2.75) is 26.3 Å². The van der Waals surface area contributed by atoms with Gasteiger partial charge in [0.1, 0.15) is 0 Å². The first-order chi connectivity index (χ1) is 8.17. The molecule has 3 nitrogen and oxygen atoms in total. The number of para-hydroxylation sites is 1. The summed E-state index contributed by atoms with van der Waals surface area (Å²) >= 11 is 0. The van der Waals surface area contributed by atoms with Crippen molar-refractivity contribution in [3.63, 3.8) is 0 Å². The van der Waals surface area contributed by atoms with E-state index in [2.05, 4.69) is 47.0 Å². The molecule has 0 amide bonds. The highest BCUT2D eigenvalue weighted by Crippen LogP contribution is 2.56. The van der Waals surface area contributed by atoms with Gasteiger partial charge in [0.15, 0.2) is 0 Å². The Hall–Kier alpha value is -1.77. The minimum Gasteiger partial charge on any atom is -0.326 e. The van der Waals surface area contributed by atoms with Crippen molar-refractivity contribution in [1.29, 1.82) is 0 Å². The molecule has 1 aromatic heterocycles. The molecule has 0 aliphatic heterocycles. The molecule has 0 radical (unpaired) electrons. The summed E-state index contributed by atoms with van der Waals surface area (Å²) in [6.07, 6.45) is 5.15. The second kappa shape index (κ2) is 3.62. The van der Waals surface area contributed by atoms with Crippen molar-refractivity contribution in [1.82, 2.24) is 9.55 Å². The summed E-state index contributed by atoms with van der Waals surface area (Å²) in [5.74, 6) is 0.937. The lowest BCUT2D eigenvalue weighted by Gasteiger charge is -2.11. The molecule has 1 fully saturated rings. The Bertz CT molecular complexity index is 513. The number of imidazole rings is 1. The van der Waals surface area contributed by atoms with E-state index in [4.69, 9.17) is 0 Å². The lowest BCUT2D eigenvalue weighted by atomic mass is 10.2. The summed E-state index contributed by atoms with van der Waals surface area (Å²) in [6.45, 7) is 4.59. The molecule has 0 spiro atoms. The number of benzene rings is 1. The maximum Gasteiger partial charge on any atom is 0.207 e. The second-order valence-corrected chi connectivity index (χ2v) is 5.36. The van der Waals surface area contributed by atoms with E-state index in [9.17, 15) is 0 Å². The Morgan fingerprint density at radius 1 is 1.29 bits per heavy atom. The molecule has 1 atom stereocenters. The van der Waals surface area contributed by atoms with Crippen LogP contribution in [0.25, 0.3) is 0 Å². The molecule has 1 heterocycles. The molecule has 1 N–H and O–H groups in total. The van der Waals surface area contributed by atoms with E-state index in [-0.39, 0.29) is 0 Å². The van der Waals surface area contributed by atoms with Crippen molar-refractivity contribution >= 4 is 11.6 Å². The first-order valence-corrected chi connectivity index (χ1v) is 6.02. The standard InChI is InChI=1S/C14H17N3/c1-14(2)10-12(14)17-9-8-15-13(17)16-11-6-4-3-5-7-11/h3-9,12H,10H2,1-2H3,(H,15,16). The van der Waals surface area contributed by atoms with Gasteiger partial charge in [0.2, 0.25) is 5.95 Å². The fourth-order valence-electron chi connectivity index (χ4n) is 2.23. The summed E-state index contributed by atoms with van der Waals surface area (Å²) in [7, 11) is 0. The lowest BCUT2D eigenvalue weighted by molar-refractivity contribution is 0.544. The Balaban J connectivity index is 1.83. The van der Waals surface area contributed by atoms with E-state index in [1.807, 2.05) is 24.4 Å². The van der Waals surface area contributed by atoms with Crippen LogP contribution < -0.4 is 5.32 Å². The van der Waals surface area contributed by atoms with Crippen LogP contribution in [0.5, 0.6) is 0 Å². The highest BCUT2D eigenvalue weighted by atomic mass is 15.2. The van der Waals surface area contributed by atoms with Crippen molar-refractivity contribution < 1.29 is 0 Å². The van der Waals surface area contributed by atoms with Crippen LogP contribution in [0.1, 0.15) is 26.3 Å². The number of nitrogens with zero attached hydrogens (tertiary/aromatic N) is 2. The average Bonchev–Trinajstić information content (AvgIpc) is 2.74. The van der Waals surface area contributed by atoms with Gasteiger partial charge in [-0.3, -0.25) is 0 Å². The van der Waals surface area contributed by atoms with E-state index in [1.165, 1.54) is 6.42 Å². The van der Waals surface area contributed by atoms with E-state index in [0.717, 1.165) is 11.6 Å². The molecule has 0 bridgehead atoms. The molecule has 17 heavy (non-hydrogen) atoms. The van der Waals surface area contributed by atoms with Gasteiger partial charge in [-0.25, -0.2) is 4.98 Å². The van der Waals surface area contributed by atoms with Gasteiger partial charge in [-0.1, -0.05) is 32.0 Å². The van der Waals surface area contributed by atoms with Gasteiger partial charge < -0.3 is 9.88 Å². The summed E-state index contributed by atoms with van der Waals surface area (Å²) in [5, 5.41) is 3.36. The van der Waals surface area contributed by atoms with E-state index in [0.29, 0.717) is 11.5 Å². The molecule has 1 saturated carbocycles. The Morgan fingerprint density at radius 2 is 2.00 bits per heavy atom. The van der Waals surface area contributed by atoms with Gasteiger partial charge in [0, 0.05) is 24.1 Å². The van der Waals surface area contributed by atoms with E-state index < -0.39 is 0 Å². The van der Waals surface area contributed by atoms with Crippen LogP contribution in [0.15, 0.2) is 42.7 Å². The average molecular weight is 227 g/mol. The van der Waals surface area contributed by atoms with E-state index >= 15 is 0 Å². The molecule has 3 rings (SSSR count). The van der Waals surface area contributed by atoms with Crippen LogP contribution in [-0.4, -0.2) is 9.55 Å². The van der Waals surface area contributed by atoms with Gasteiger partial charge in [0.25, 0.3) is 0 Å². The zero-order chi connectivity index (χ0) is 11.9. The van der Waals surface area contributed by atoms with Crippen molar-refractivity contribution in [2.75, 3.05) is 5.32 Å². The number of anilines is 2. The quantitative estimate of drug-likeness (QED) is 0.868. The molecule has 88 valence electrons. The number of hydrogen-bond donors (Lipinski definition) is 1. The summed E-state index contributed by atoms with van der Waals surface area (Å²) in [6, 6.07) is 10.7. The van der Waals surface area contributed by atoms with Crippen molar-refractivity contribution in [3.8, 4) is 0 Å². The SMILES string of the molecule is CC1(C)CC1n1ccnc1Nc1ccccc1. The van der Waals surface area contributed by atoms with Crippen LogP contribution >= 0.6 is 0 Å². The van der Waals surface area contributed by atoms with Crippen LogP contribution in [0, 0.1) is 5.41 Å². The fraction of sp³-hybridized carbons (Fsp3) is 0.357. The topological polar surface area (TPSA) is 29.9 Å². The highest BCUT2D eigenvalue weighted by molar-refractivity contribution is 5.53. The minimum absolute atomic E-state index is 0.411. The molecule has 1 aliphatic rings. The molecular weight excluding hydrogens is 210 g/mol. The van der Waals surface area contributed by atoms with Gasteiger partial charge in [0.05, 0.1) is 0 Å². The molecule has 3 heteroatoms. The lowest BCUT2D eigenvalue weighted by Crippen LogP contribution is -2.04. The maximum absolute atomic E-state index is 4.39. The van der Waals surface area contributed by atoms with Crippen LogP contribution in [-0.2, 0) is 0 Å². The first-order valence-electron chi connectivity index (χ1n) is 6.02. The third-order valence-corrected chi connectivity index (χ3v) is 3.50. The predicted molar refractivity (Wildman–Crippen MR) is 69.4 cm³/mol. The van der Waals surface area contributed by atoms with Crippen LogP contribution in [0.3, 0.4) is 0 Å². The summed E-state index contributed by atoms with van der Waals surface area (Å²) in [4.78, 5) is 4.39. The first kappa shape index (κ1) is 10.4. The van der Waals surface area contributed by atoms with Crippen LogP contribution in [0.2, 0.25) is 0 Å². The Morgan fingerprint density at radius 3 is 2.65 bits per heavy atom. The zero-order valence-corrected chi connectivity index (χ0v) is 10.2. The molecule has 2 aromatic rings. The number of aromatic nitrogens is 2. The third-order valence-electron chi connectivity index (χ3n) is 3.50. The van der Waals surface area contributed by atoms with E-state index in [1.54, 1.807) is 0 Å². The number of nitrogens with one attached hydrogen (secondary N) is 1. The molecule has 0 saturated heterocycles. The normalized spacial score (nSPS) is 21.2. The Labute approximate surface area is 101 Å². The van der Waals surface area contributed by atoms with Gasteiger partial charge >= 0.3 is 0 Å². The number of hydrogen-bond acceptors (Lipinski definition) is 2. The van der Waals surface area contributed by atoms with Gasteiger partial charge in [-0.05, 0) is 24.0 Å².